The molecule has 3 fully saturated rings. The Morgan fingerprint density at radius 3 is 1.53 bits per heavy atom. The number of carbonyl (C=O) groups excluding carboxylic acids is 1. The number of hydrogen-bond acceptors (Lipinski definition) is 10. The summed E-state index contributed by atoms with van der Waals surface area (Å²) in [5.74, 6) is -1.46. The van der Waals surface area contributed by atoms with Crippen LogP contribution in [0.25, 0.3) is 43.8 Å². The molecule has 3 heterocycles. The molecular formula is C71H86F5N3O10. The van der Waals surface area contributed by atoms with E-state index < -0.39 is 36.0 Å². The molecule has 7 aromatic carbocycles. The molecule has 0 radical (unpaired) electrons. The van der Waals surface area contributed by atoms with E-state index in [2.05, 4.69) is 53.1 Å². The van der Waals surface area contributed by atoms with Gasteiger partial charge in [0, 0.05) is 82.9 Å². The van der Waals surface area contributed by atoms with E-state index in [9.17, 15) is 31.5 Å². The molecule has 7 aromatic rings. The normalized spacial score (nSPS) is 15.5. The first-order valence-electron chi connectivity index (χ1n) is 30.4. The van der Waals surface area contributed by atoms with Crippen molar-refractivity contribution in [1.29, 1.82) is 0 Å². The van der Waals surface area contributed by atoms with Gasteiger partial charge in [-0.05, 0) is 124 Å². The Labute approximate surface area is 519 Å². The number of carboxylic acids is 1. The van der Waals surface area contributed by atoms with Crippen LogP contribution in [0.4, 0.5) is 22.0 Å². The Kier molecular flexibility index (Phi) is 26.6. The summed E-state index contributed by atoms with van der Waals surface area (Å²) in [5, 5.41) is 20.4. The van der Waals surface area contributed by atoms with Crippen molar-refractivity contribution in [2.75, 3.05) is 74.5 Å². The number of primary amides is 1. The Balaban J connectivity index is 0.000000215. The number of piperidine rings is 2. The minimum absolute atomic E-state index is 0.0222. The summed E-state index contributed by atoms with van der Waals surface area (Å²) in [4.78, 5) is 34.9. The van der Waals surface area contributed by atoms with Crippen LogP contribution in [0.1, 0.15) is 122 Å². The molecule has 0 aliphatic carbocycles. The van der Waals surface area contributed by atoms with Crippen molar-refractivity contribution < 1.29 is 70.2 Å². The Bertz CT molecular complexity index is 3470. The first kappa shape index (κ1) is 70.3. The van der Waals surface area contributed by atoms with E-state index in [1.54, 1.807) is 41.4 Å². The largest absolute Gasteiger partial charge is 0.496 e. The van der Waals surface area contributed by atoms with Gasteiger partial charge < -0.3 is 39.6 Å². The van der Waals surface area contributed by atoms with Crippen molar-refractivity contribution in [3.63, 3.8) is 0 Å². The summed E-state index contributed by atoms with van der Waals surface area (Å²) in [6.07, 6.45) is 4.58. The zero-order chi connectivity index (χ0) is 64.8. The number of fused-ring (bicyclic) bond motifs is 2. The Morgan fingerprint density at radius 1 is 0.652 bits per heavy atom. The van der Waals surface area contributed by atoms with Gasteiger partial charge >= 0.3 is 5.97 Å². The second-order valence-electron chi connectivity index (χ2n) is 22.1. The number of nitrogens with zero attached hydrogens (tertiary/aromatic N) is 2. The van der Waals surface area contributed by atoms with Crippen LogP contribution < -0.4 is 24.7 Å². The fraction of sp³-hybridized carbons (Fsp3) is 0.423. The number of carbonyl (C=O) groups is 3. The molecule has 1 amide bonds. The van der Waals surface area contributed by atoms with Gasteiger partial charge in [0.1, 0.15) is 41.2 Å². The van der Waals surface area contributed by atoms with Gasteiger partial charge in [-0.1, -0.05) is 118 Å². The van der Waals surface area contributed by atoms with Crippen LogP contribution in [-0.4, -0.2) is 124 Å². The number of aliphatic carboxylic acids is 1. The molecular weight excluding hydrogens is 1150 g/mol. The SMILES string of the molecule is CC.CCCc1cccc2c(-c3c(OC)ccc(CN4CCC(F)(F)CC4)c3OC)cccc12.COc1ccc(CN2CCC(F)(CF)CC2)c(OC)c1-c1cccc2c(CCC(=O)O)cccc12.Cc1c(C2CCOCC2)ccc(F)c1C(N)=O.O=CO. The molecule has 0 saturated carbocycles. The summed E-state index contributed by atoms with van der Waals surface area (Å²) in [7, 11) is 6.57. The summed E-state index contributed by atoms with van der Waals surface area (Å²) < 4.78 is 96.8. The Hall–Kier alpha value is -7.80. The lowest BCUT2D eigenvalue weighted by atomic mass is 9.86. The lowest BCUT2D eigenvalue weighted by Crippen LogP contribution is -2.42. The maximum atomic E-state index is 14.3. The highest BCUT2D eigenvalue weighted by molar-refractivity contribution is 6.02. The fourth-order valence-electron chi connectivity index (χ4n) is 12.1. The zero-order valence-corrected chi connectivity index (χ0v) is 52.5. The van der Waals surface area contributed by atoms with E-state index in [4.69, 9.17) is 44.4 Å². The number of amides is 1. The van der Waals surface area contributed by atoms with Gasteiger partial charge in [-0.25, -0.2) is 22.0 Å². The molecule has 4 N–H and O–H groups in total. The van der Waals surface area contributed by atoms with Crippen LogP contribution in [0.15, 0.2) is 109 Å². The van der Waals surface area contributed by atoms with Crippen LogP contribution in [-0.2, 0) is 40.3 Å². The number of benzene rings is 7. The molecule has 3 aliphatic rings. The lowest BCUT2D eigenvalue weighted by molar-refractivity contribution is -0.137. The molecule has 0 aromatic heterocycles. The van der Waals surface area contributed by atoms with Crippen molar-refractivity contribution in [3.05, 3.63) is 154 Å². The lowest BCUT2D eigenvalue weighted by Gasteiger charge is -2.35. The second-order valence-corrected chi connectivity index (χ2v) is 22.1. The molecule has 3 aliphatic heterocycles. The van der Waals surface area contributed by atoms with Gasteiger partial charge in [0.15, 0.2) is 0 Å². The molecule has 0 bridgehead atoms. The molecule has 3 saturated heterocycles. The molecule has 13 nitrogen and oxygen atoms in total. The molecule has 480 valence electrons. The maximum Gasteiger partial charge on any atom is 0.303 e. The predicted molar refractivity (Wildman–Crippen MR) is 341 cm³/mol. The highest BCUT2D eigenvalue weighted by Gasteiger charge is 2.36. The van der Waals surface area contributed by atoms with E-state index in [0.717, 1.165) is 97.8 Å². The smallest absolute Gasteiger partial charge is 0.303 e. The topological polar surface area (TPSA) is 170 Å². The number of ether oxygens (including phenoxy) is 5. The summed E-state index contributed by atoms with van der Waals surface area (Å²) in [6.45, 7) is 11.0. The molecule has 0 unspecified atom stereocenters. The van der Waals surface area contributed by atoms with E-state index in [0.29, 0.717) is 81.9 Å². The van der Waals surface area contributed by atoms with E-state index in [-0.39, 0.29) is 44.1 Å². The number of hydrogen-bond donors (Lipinski definition) is 3. The van der Waals surface area contributed by atoms with Gasteiger partial charge in [0.25, 0.3) is 18.3 Å². The average molecular weight is 1240 g/mol. The molecule has 18 heteroatoms. The minimum atomic E-state index is -2.55. The predicted octanol–water partition coefficient (Wildman–Crippen LogP) is 15.4. The zero-order valence-electron chi connectivity index (χ0n) is 52.5. The summed E-state index contributed by atoms with van der Waals surface area (Å²) >= 11 is 0. The third-order valence-corrected chi connectivity index (χ3v) is 16.7. The van der Waals surface area contributed by atoms with Gasteiger partial charge in [-0.15, -0.1) is 0 Å². The van der Waals surface area contributed by atoms with Crippen LogP contribution in [0.3, 0.4) is 0 Å². The summed E-state index contributed by atoms with van der Waals surface area (Å²) in [6, 6.07) is 35.6. The summed E-state index contributed by atoms with van der Waals surface area (Å²) in [5.41, 5.74) is 13.1. The second kappa shape index (κ2) is 33.7. The quantitative estimate of drug-likeness (QED) is 0.0550. The highest BCUT2D eigenvalue weighted by atomic mass is 19.3. The first-order chi connectivity index (χ1) is 42.9. The number of likely N-dealkylation sites (tertiary alicyclic amines) is 2. The molecule has 10 rings (SSSR count). The van der Waals surface area contributed by atoms with Crippen molar-refractivity contribution in [2.24, 2.45) is 5.73 Å². The van der Waals surface area contributed by atoms with Gasteiger partial charge in [0.05, 0.1) is 45.1 Å². The van der Waals surface area contributed by atoms with Crippen molar-refractivity contribution >= 4 is 39.9 Å². The third-order valence-electron chi connectivity index (χ3n) is 16.7. The van der Waals surface area contributed by atoms with Crippen molar-refractivity contribution in [3.8, 4) is 45.3 Å². The molecule has 0 atom stereocenters. The minimum Gasteiger partial charge on any atom is -0.496 e. The van der Waals surface area contributed by atoms with Crippen molar-refractivity contribution in [2.45, 2.75) is 123 Å². The Morgan fingerprint density at radius 2 is 1.10 bits per heavy atom. The number of rotatable bonds is 18. The van der Waals surface area contributed by atoms with Crippen LogP contribution in [0.2, 0.25) is 0 Å². The number of alkyl halides is 4. The molecule has 89 heavy (non-hydrogen) atoms. The van der Waals surface area contributed by atoms with Crippen LogP contribution in [0.5, 0.6) is 23.0 Å². The fourth-order valence-corrected chi connectivity index (χ4v) is 12.1. The number of halogens is 5. The number of aryl methyl sites for hydroxylation is 2. The number of methoxy groups -OCH3 is 4. The number of carboxylic acid groups (broad SMARTS) is 2. The van der Waals surface area contributed by atoms with Gasteiger partial charge in [-0.2, -0.15) is 0 Å². The average Bonchev–Trinajstić information content (AvgIpc) is 1.14. The molecule has 0 spiro atoms. The van der Waals surface area contributed by atoms with E-state index >= 15 is 0 Å². The van der Waals surface area contributed by atoms with Crippen LogP contribution >= 0.6 is 0 Å². The monoisotopic (exact) mass is 1240 g/mol. The van der Waals surface area contributed by atoms with Crippen molar-refractivity contribution in [1.82, 2.24) is 9.80 Å². The maximum absolute atomic E-state index is 14.3. The van der Waals surface area contributed by atoms with Gasteiger partial charge in [-0.3, -0.25) is 24.2 Å². The standard InChI is InChI=1S/C28H31F2NO4.C27H31F2NO2.C13H16FNO2.C2H6.CH2O2/c1-34-24-11-9-20(17-31-15-13-28(30,18-29)14-16-31)27(35-2)26(24)23-8-4-6-21-19(10-12-25(32)33)5-3-7-22(21)23;1-4-7-19-8-5-10-22-21(19)9-6-11-23(22)25-24(31-2)13-12-20(26(25)32-3)18-30-16-14-27(28,29)15-17-30;1-8-10(9-4-6-17-7-5-9)2-3-11(14)12(8)13(15)16;1-2;2-1-3/h3-9,11H,10,12-18H2,1-2H3,(H,32,33);5-6,8-13H,4,7,14-18H2,1-3H3;2-3,9H,4-7H2,1H3,(H2,15,16);1-2H3;1H,(H,2,3). The van der Waals surface area contributed by atoms with Crippen LogP contribution in [0, 0.1) is 12.7 Å². The first-order valence-corrected chi connectivity index (χ1v) is 30.4. The highest BCUT2D eigenvalue weighted by Crippen LogP contribution is 2.47. The van der Waals surface area contributed by atoms with E-state index in [1.807, 2.05) is 74.5 Å². The third kappa shape index (κ3) is 17.8. The van der Waals surface area contributed by atoms with Gasteiger partial charge in [0.2, 0.25) is 0 Å². The number of nitrogens with two attached hydrogens (primary N) is 1. The van der Waals surface area contributed by atoms with E-state index in [1.165, 1.54) is 17.0 Å².